The zero-order chi connectivity index (χ0) is 11.5. The monoisotopic (exact) mass is 215 g/mol. The second-order valence-corrected chi connectivity index (χ2v) is 4.86. The summed E-state index contributed by atoms with van der Waals surface area (Å²) in [7, 11) is 0. The Labute approximate surface area is 91.2 Å². The summed E-state index contributed by atoms with van der Waals surface area (Å²) in [6.45, 7) is 8.76. The largest absolute Gasteiger partial charge is 0.481 e. The maximum absolute atomic E-state index is 10.5. The molecule has 0 aliphatic carbocycles. The van der Waals surface area contributed by atoms with E-state index in [9.17, 15) is 4.79 Å². The van der Waals surface area contributed by atoms with Gasteiger partial charge in [-0.05, 0) is 27.2 Å². The summed E-state index contributed by atoms with van der Waals surface area (Å²) in [4.78, 5) is 12.8. The molecule has 1 aliphatic rings. The number of carboxylic acid groups (broad SMARTS) is 1. The van der Waals surface area contributed by atoms with E-state index in [0.29, 0.717) is 12.5 Å². The fourth-order valence-electron chi connectivity index (χ4n) is 1.94. The predicted molar refractivity (Wildman–Crippen MR) is 57.9 cm³/mol. The van der Waals surface area contributed by atoms with Crippen LogP contribution in [0.5, 0.6) is 0 Å². The third-order valence-electron chi connectivity index (χ3n) is 2.85. The van der Waals surface area contributed by atoms with Gasteiger partial charge in [-0.25, -0.2) is 0 Å². The van der Waals surface area contributed by atoms with E-state index in [1.165, 1.54) is 0 Å². The summed E-state index contributed by atoms with van der Waals surface area (Å²) in [5.41, 5.74) is -0.101. The Kier molecular flexibility index (Phi) is 4.11. The van der Waals surface area contributed by atoms with Gasteiger partial charge in [0, 0.05) is 25.6 Å². The van der Waals surface area contributed by atoms with Crippen LogP contribution in [-0.2, 0) is 9.53 Å². The average Bonchev–Trinajstić information content (AvgIpc) is 2.12. The maximum Gasteiger partial charge on any atom is 0.303 e. The molecule has 1 N–H and O–H groups in total. The van der Waals surface area contributed by atoms with Gasteiger partial charge in [0.1, 0.15) is 0 Å². The van der Waals surface area contributed by atoms with E-state index in [2.05, 4.69) is 25.7 Å². The third kappa shape index (κ3) is 4.18. The molecule has 1 atom stereocenters. The Balaban J connectivity index is 2.38. The molecule has 0 saturated carbocycles. The average molecular weight is 215 g/mol. The Morgan fingerprint density at radius 1 is 1.60 bits per heavy atom. The highest BCUT2D eigenvalue weighted by Crippen LogP contribution is 2.19. The summed E-state index contributed by atoms with van der Waals surface area (Å²) >= 11 is 0. The van der Waals surface area contributed by atoms with Crippen molar-refractivity contribution in [1.29, 1.82) is 0 Å². The van der Waals surface area contributed by atoms with Crippen LogP contribution in [0.4, 0.5) is 0 Å². The highest BCUT2D eigenvalue weighted by Gasteiger charge is 2.29. The summed E-state index contributed by atoms with van der Waals surface area (Å²) < 4.78 is 5.61. The zero-order valence-corrected chi connectivity index (χ0v) is 9.82. The number of carbonyl (C=O) groups is 1. The lowest BCUT2D eigenvalue weighted by Gasteiger charge is -2.41. The van der Waals surface area contributed by atoms with Crippen molar-refractivity contribution in [3.05, 3.63) is 0 Å². The molecule has 0 aromatic rings. The summed E-state index contributed by atoms with van der Waals surface area (Å²) in [5.74, 6) is -0.714. The van der Waals surface area contributed by atoms with Crippen LogP contribution in [0.25, 0.3) is 0 Å². The number of carboxylic acids is 1. The molecule has 0 amide bonds. The van der Waals surface area contributed by atoms with Gasteiger partial charge in [-0.2, -0.15) is 0 Å². The van der Waals surface area contributed by atoms with Crippen LogP contribution >= 0.6 is 0 Å². The number of hydrogen-bond acceptors (Lipinski definition) is 3. The molecule has 1 fully saturated rings. The molecule has 88 valence electrons. The maximum atomic E-state index is 10.5. The SMILES string of the molecule is CC(CCC(=O)O)N1CCOC(C)(C)C1. The standard InChI is InChI=1S/C11H21NO3/c1-9(4-5-10(13)14)12-6-7-15-11(2,3)8-12/h9H,4-8H2,1-3H3,(H,13,14). The van der Waals surface area contributed by atoms with Crippen LogP contribution in [0, 0.1) is 0 Å². The Morgan fingerprint density at radius 3 is 2.80 bits per heavy atom. The number of morpholine rings is 1. The van der Waals surface area contributed by atoms with E-state index < -0.39 is 5.97 Å². The molecule has 4 heteroatoms. The van der Waals surface area contributed by atoms with Gasteiger partial charge in [0.2, 0.25) is 0 Å². The minimum atomic E-state index is -0.714. The van der Waals surface area contributed by atoms with Gasteiger partial charge in [-0.15, -0.1) is 0 Å². The molecule has 4 nitrogen and oxygen atoms in total. The highest BCUT2D eigenvalue weighted by atomic mass is 16.5. The van der Waals surface area contributed by atoms with E-state index >= 15 is 0 Å². The lowest BCUT2D eigenvalue weighted by Crippen LogP contribution is -2.51. The molecule has 0 radical (unpaired) electrons. The van der Waals surface area contributed by atoms with E-state index in [4.69, 9.17) is 9.84 Å². The first-order valence-electron chi connectivity index (χ1n) is 5.50. The first-order chi connectivity index (χ1) is 6.91. The van der Waals surface area contributed by atoms with Crippen molar-refractivity contribution in [3.63, 3.8) is 0 Å². The van der Waals surface area contributed by atoms with Gasteiger partial charge in [0.15, 0.2) is 0 Å². The topological polar surface area (TPSA) is 49.8 Å². The molecule has 1 unspecified atom stereocenters. The molecule has 1 saturated heterocycles. The number of aliphatic carboxylic acids is 1. The van der Waals surface area contributed by atoms with Crippen molar-refractivity contribution in [2.45, 2.75) is 45.3 Å². The van der Waals surface area contributed by atoms with Crippen molar-refractivity contribution in [3.8, 4) is 0 Å². The molecular formula is C11H21NO3. The molecule has 1 aliphatic heterocycles. The minimum Gasteiger partial charge on any atom is -0.481 e. The van der Waals surface area contributed by atoms with E-state index in [0.717, 1.165) is 19.7 Å². The second-order valence-electron chi connectivity index (χ2n) is 4.86. The van der Waals surface area contributed by atoms with Gasteiger partial charge in [0.05, 0.1) is 12.2 Å². The molecule has 15 heavy (non-hydrogen) atoms. The highest BCUT2D eigenvalue weighted by molar-refractivity contribution is 5.66. The summed E-state index contributed by atoms with van der Waals surface area (Å²) in [6, 6.07) is 0.323. The molecule has 0 bridgehead atoms. The van der Waals surface area contributed by atoms with Crippen LogP contribution in [-0.4, -0.2) is 47.3 Å². The second kappa shape index (κ2) is 4.94. The van der Waals surface area contributed by atoms with Gasteiger partial charge in [-0.1, -0.05) is 0 Å². The van der Waals surface area contributed by atoms with Crippen molar-refractivity contribution in [2.24, 2.45) is 0 Å². The summed E-state index contributed by atoms with van der Waals surface area (Å²) in [6.07, 6.45) is 0.963. The molecule has 0 aromatic carbocycles. The molecule has 1 heterocycles. The van der Waals surface area contributed by atoms with Gasteiger partial charge < -0.3 is 9.84 Å². The normalized spacial score (nSPS) is 23.7. The summed E-state index contributed by atoms with van der Waals surface area (Å²) in [5, 5.41) is 8.62. The first-order valence-corrected chi connectivity index (χ1v) is 5.50. The fraction of sp³-hybridized carbons (Fsp3) is 0.909. The van der Waals surface area contributed by atoms with Crippen LogP contribution in [0.15, 0.2) is 0 Å². The lowest BCUT2D eigenvalue weighted by atomic mass is 10.0. The van der Waals surface area contributed by atoms with E-state index in [1.54, 1.807) is 0 Å². The number of ether oxygens (including phenoxy) is 1. The minimum absolute atomic E-state index is 0.101. The van der Waals surface area contributed by atoms with Gasteiger partial charge in [-0.3, -0.25) is 9.69 Å². The Bertz CT molecular complexity index is 228. The number of hydrogen-bond donors (Lipinski definition) is 1. The lowest BCUT2D eigenvalue weighted by molar-refractivity contribution is -0.137. The Morgan fingerprint density at radius 2 is 2.27 bits per heavy atom. The molecule has 0 spiro atoms. The third-order valence-corrected chi connectivity index (χ3v) is 2.85. The van der Waals surface area contributed by atoms with Gasteiger partial charge in [0.25, 0.3) is 0 Å². The van der Waals surface area contributed by atoms with Crippen LogP contribution in [0.3, 0.4) is 0 Å². The van der Waals surface area contributed by atoms with Crippen molar-refractivity contribution >= 4 is 5.97 Å². The molecule has 1 rings (SSSR count). The molecule has 0 aromatic heterocycles. The molecular weight excluding hydrogens is 194 g/mol. The quantitative estimate of drug-likeness (QED) is 0.769. The zero-order valence-electron chi connectivity index (χ0n) is 9.82. The fourth-order valence-corrected chi connectivity index (χ4v) is 1.94. The van der Waals surface area contributed by atoms with E-state index in [1.807, 2.05) is 0 Å². The number of rotatable bonds is 4. The first kappa shape index (κ1) is 12.5. The number of nitrogens with zero attached hydrogens (tertiary/aromatic N) is 1. The predicted octanol–water partition coefficient (Wildman–Crippen LogP) is 1.35. The van der Waals surface area contributed by atoms with Crippen molar-refractivity contribution < 1.29 is 14.6 Å². The van der Waals surface area contributed by atoms with Crippen molar-refractivity contribution in [1.82, 2.24) is 4.90 Å². The smallest absolute Gasteiger partial charge is 0.303 e. The Hall–Kier alpha value is -0.610. The van der Waals surface area contributed by atoms with Crippen LogP contribution < -0.4 is 0 Å². The van der Waals surface area contributed by atoms with Crippen molar-refractivity contribution in [2.75, 3.05) is 19.7 Å². The van der Waals surface area contributed by atoms with Gasteiger partial charge >= 0.3 is 5.97 Å². The van der Waals surface area contributed by atoms with Crippen LogP contribution in [0.1, 0.15) is 33.6 Å². The van der Waals surface area contributed by atoms with E-state index in [-0.39, 0.29) is 12.0 Å². The van der Waals surface area contributed by atoms with Crippen LogP contribution in [0.2, 0.25) is 0 Å².